The van der Waals surface area contributed by atoms with Crippen LogP contribution in [0.5, 0.6) is 11.5 Å². The molecule has 2 atom stereocenters. The van der Waals surface area contributed by atoms with Gasteiger partial charge in [0.25, 0.3) is 0 Å². The van der Waals surface area contributed by atoms with Crippen molar-refractivity contribution in [2.75, 3.05) is 20.2 Å². The molecule has 1 fully saturated rings. The predicted octanol–water partition coefficient (Wildman–Crippen LogP) is 3.58. The number of hydrogen-bond donors (Lipinski definition) is 2. The Hall–Kier alpha value is -3.80. The first-order valence-electron chi connectivity index (χ1n) is 10.9. The standard InChI is InChI=1S/C16H16F2N2O2.C9H11NO2/c1-2-11-4-3-6-20(11)16(21)19-14-5-7-22-15-12(14)8-10(17)9-13(15)18;1-10(7-11)6-8-2-4-9(12)5-3-8/h1,8-9,11,14H,3-7H2,(H,19,21);2-5,7,12H,6H2,1H3/t11-,14-;/m0./s1. The molecule has 2 aromatic carbocycles. The second kappa shape index (κ2) is 11.4. The molecule has 0 unspecified atom stereocenters. The van der Waals surface area contributed by atoms with E-state index >= 15 is 0 Å². The number of carbonyl (C=O) groups is 2. The van der Waals surface area contributed by atoms with E-state index in [1.54, 1.807) is 36.2 Å². The van der Waals surface area contributed by atoms with Crippen LogP contribution in [0.2, 0.25) is 0 Å². The Balaban J connectivity index is 0.000000229. The van der Waals surface area contributed by atoms with Crippen molar-refractivity contribution in [2.45, 2.75) is 37.9 Å². The summed E-state index contributed by atoms with van der Waals surface area (Å²) in [6.45, 7) is 1.43. The van der Waals surface area contributed by atoms with E-state index in [1.807, 2.05) is 0 Å². The third-order valence-electron chi connectivity index (χ3n) is 5.62. The molecule has 2 aliphatic rings. The number of ether oxygens (including phenoxy) is 1. The summed E-state index contributed by atoms with van der Waals surface area (Å²) >= 11 is 0. The van der Waals surface area contributed by atoms with Crippen molar-refractivity contribution in [3.63, 3.8) is 0 Å². The molecule has 0 aromatic heterocycles. The van der Waals surface area contributed by atoms with E-state index in [9.17, 15) is 18.4 Å². The molecule has 0 aliphatic carbocycles. The number of terminal acetylenes is 1. The van der Waals surface area contributed by atoms with Crippen LogP contribution in [0.15, 0.2) is 36.4 Å². The SMILES string of the molecule is C#C[C@H]1CCCN1C(=O)N[C@H]1CCOc2c(F)cc(F)cc21.CN(C=O)Cc1ccc(O)cc1. The minimum atomic E-state index is -0.753. The van der Waals surface area contributed by atoms with Gasteiger partial charge in [0, 0.05) is 38.2 Å². The van der Waals surface area contributed by atoms with Crippen molar-refractivity contribution in [3.05, 3.63) is 59.2 Å². The molecule has 180 valence electrons. The number of rotatable bonds is 4. The van der Waals surface area contributed by atoms with Crippen LogP contribution in [0.4, 0.5) is 13.6 Å². The highest BCUT2D eigenvalue weighted by molar-refractivity contribution is 5.76. The molecule has 0 radical (unpaired) electrons. The molecule has 4 rings (SSSR count). The number of nitrogens with zero attached hydrogens (tertiary/aromatic N) is 2. The minimum absolute atomic E-state index is 0.00729. The fourth-order valence-corrected chi connectivity index (χ4v) is 3.92. The summed E-state index contributed by atoms with van der Waals surface area (Å²) in [5.41, 5.74) is 1.33. The number of amides is 3. The van der Waals surface area contributed by atoms with E-state index in [4.69, 9.17) is 16.3 Å². The largest absolute Gasteiger partial charge is 0.508 e. The number of halogens is 2. The molecule has 7 nitrogen and oxygen atoms in total. The zero-order valence-electron chi connectivity index (χ0n) is 18.8. The maximum atomic E-state index is 13.7. The molecule has 1 saturated heterocycles. The van der Waals surface area contributed by atoms with Gasteiger partial charge in [0.1, 0.15) is 11.6 Å². The molecule has 2 N–H and O–H groups in total. The topological polar surface area (TPSA) is 82.1 Å². The second-order valence-corrected chi connectivity index (χ2v) is 8.15. The van der Waals surface area contributed by atoms with Crippen molar-refractivity contribution < 1.29 is 28.2 Å². The number of carbonyl (C=O) groups excluding carboxylic acids is 2. The first-order chi connectivity index (χ1) is 16.3. The number of phenols is 1. The van der Waals surface area contributed by atoms with Gasteiger partial charge in [0.15, 0.2) is 11.6 Å². The molecule has 0 saturated carbocycles. The summed E-state index contributed by atoms with van der Waals surface area (Å²) in [4.78, 5) is 25.7. The van der Waals surface area contributed by atoms with E-state index < -0.39 is 17.7 Å². The van der Waals surface area contributed by atoms with Gasteiger partial charge < -0.3 is 25.0 Å². The minimum Gasteiger partial charge on any atom is -0.508 e. The van der Waals surface area contributed by atoms with Crippen LogP contribution in [-0.4, -0.2) is 53.6 Å². The third-order valence-corrected chi connectivity index (χ3v) is 5.62. The zero-order chi connectivity index (χ0) is 24.7. The monoisotopic (exact) mass is 471 g/mol. The number of benzene rings is 2. The van der Waals surface area contributed by atoms with E-state index in [2.05, 4.69) is 11.2 Å². The van der Waals surface area contributed by atoms with Gasteiger partial charge in [-0.05, 0) is 36.6 Å². The van der Waals surface area contributed by atoms with E-state index in [0.29, 0.717) is 25.1 Å². The second-order valence-electron chi connectivity index (χ2n) is 8.15. The molecule has 2 aromatic rings. The summed E-state index contributed by atoms with van der Waals surface area (Å²) in [5, 5.41) is 11.8. The number of urea groups is 1. The molecule has 2 aliphatic heterocycles. The Bertz CT molecular complexity index is 1060. The Morgan fingerprint density at radius 2 is 2.06 bits per heavy atom. The molecular formula is C25H27F2N3O4. The summed E-state index contributed by atoms with van der Waals surface area (Å²) in [6, 6.07) is 7.75. The molecule has 9 heteroatoms. The van der Waals surface area contributed by atoms with Gasteiger partial charge >= 0.3 is 6.03 Å². The van der Waals surface area contributed by atoms with Crippen LogP contribution in [0.25, 0.3) is 0 Å². The molecule has 2 heterocycles. The number of hydrogen-bond acceptors (Lipinski definition) is 4. The van der Waals surface area contributed by atoms with Gasteiger partial charge in [-0.3, -0.25) is 4.79 Å². The van der Waals surface area contributed by atoms with Gasteiger partial charge in [-0.1, -0.05) is 18.1 Å². The van der Waals surface area contributed by atoms with Crippen molar-refractivity contribution in [1.29, 1.82) is 0 Å². The normalized spacial score (nSPS) is 18.5. The van der Waals surface area contributed by atoms with Gasteiger partial charge in [0.2, 0.25) is 6.41 Å². The molecular weight excluding hydrogens is 444 g/mol. The maximum Gasteiger partial charge on any atom is 0.318 e. The summed E-state index contributed by atoms with van der Waals surface area (Å²) in [6.07, 6.45) is 8.28. The first-order valence-corrected chi connectivity index (χ1v) is 10.9. The third kappa shape index (κ3) is 6.16. The first kappa shape index (κ1) is 24.8. The van der Waals surface area contributed by atoms with E-state index in [-0.39, 0.29) is 30.2 Å². The van der Waals surface area contributed by atoms with E-state index in [0.717, 1.165) is 30.9 Å². The lowest BCUT2D eigenvalue weighted by Gasteiger charge is -2.30. The van der Waals surface area contributed by atoms with Crippen LogP contribution >= 0.6 is 0 Å². The summed E-state index contributed by atoms with van der Waals surface area (Å²) in [7, 11) is 1.71. The number of likely N-dealkylation sites (tertiary alicyclic amines) is 1. The molecule has 3 amide bonds. The van der Waals surface area contributed by atoms with Gasteiger partial charge in [-0.25, -0.2) is 13.6 Å². The zero-order valence-corrected chi connectivity index (χ0v) is 18.8. The van der Waals surface area contributed by atoms with Crippen molar-refractivity contribution >= 4 is 12.4 Å². The predicted molar refractivity (Wildman–Crippen MR) is 122 cm³/mol. The lowest BCUT2D eigenvalue weighted by atomic mass is 10.00. The maximum absolute atomic E-state index is 13.7. The summed E-state index contributed by atoms with van der Waals surface area (Å²) < 4.78 is 32.4. The Kier molecular flexibility index (Phi) is 8.30. The van der Waals surface area contributed by atoms with Crippen molar-refractivity contribution in [3.8, 4) is 23.8 Å². The lowest BCUT2D eigenvalue weighted by molar-refractivity contribution is -0.117. The summed E-state index contributed by atoms with van der Waals surface area (Å²) in [5.74, 6) is 1.40. The average Bonchev–Trinajstić information content (AvgIpc) is 3.30. The Labute approximate surface area is 197 Å². The average molecular weight is 472 g/mol. The highest BCUT2D eigenvalue weighted by atomic mass is 19.1. The van der Waals surface area contributed by atoms with Crippen LogP contribution in [0.3, 0.4) is 0 Å². The quantitative estimate of drug-likeness (QED) is 0.528. The molecule has 0 bridgehead atoms. The van der Waals surface area contributed by atoms with Gasteiger partial charge in [-0.2, -0.15) is 0 Å². The molecule has 34 heavy (non-hydrogen) atoms. The van der Waals surface area contributed by atoms with Crippen molar-refractivity contribution in [2.24, 2.45) is 0 Å². The highest BCUT2D eigenvalue weighted by Crippen LogP contribution is 2.35. The Morgan fingerprint density at radius 3 is 2.74 bits per heavy atom. The van der Waals surface area contributed by atoms with Crippen LogP contribution in [0, 0.1) is 24.0 Å². The smallest absolute Gasteiger partial charge is 0.318 e. The number of aromatic hydroxyl groups is 1. The van der Waals surface area contributed by atoms with Gasteiger partial charge in [0.05, 0.1) is 18.7 Å². The Morgan fingerprint density at radius 1 is 1.32 bits per heavy atom. The van der Waals surface area contributed by atoms with Gasteiger partial charge in [-0.15, -0.1) is 6.42 Å². The highest BCUT2D eigenvalue weighted by Gasteiger charge is 2.31. The lowest BCUT2D eigenvalue weighted by Crippen LogP contribution is -2.44. The number of phenolic OH excluding ortho intramolecular Hbond substituents is 1. The van der Waals surface area contributed by atoms with Crippen molar-refractivity contribution in [1.82, 2.24) is 15.1 Å². The fourth-order valence-electron chi connectivity index (χ4n) is 3.92. The van der Waals surface area contributed by atoms with E-state index in [1.165, 1.54) is 11.0 Å². The van der Waals surface area contributed by atoms with Crippen LogP contribution < -0.4 is 10.1 Å². The van der Waals surface area contributed by atoms with Crippen LogP contribution in [0.1, 0.15) is 36.4 Å². The molecule has 0 spiro atoms. The number of fused-ring (bicyclic) bond motifs is 1. The van der Waals surface area contributed by atoms with Crippen LogP contribution in [-0.2, 0) is 11.3 Å². The fraction of sp³-hybridized carbons (Fsp3) is 0.360. The number of nitrogens with one attached hydrogen (secondary N) is 1.